The third-order valence-electron chi connectivity index (χ3n) is 4.10. The minimum Gasteiger partial charge on any atom is -0.490 e. The molecule has 0 bridgehead atoms. The van der Waals surface area contributed by atoms with Crippen LogP contribution in [0.5, 0.6) is 11.5 Å². The molecule has 2 heterocycles. The van der Waals surface area contributed by atoms with Crippen molar-refractivity contribution < 1.29 is 14.3 Å². The molecule has 1 aliphatic heterocycles. The lowest BCUT2D eigenvalue weighted by Crippen LogP contribution is -2.12. The fourth-order valence-electron chi connectivity index (χ4n) is 2.72. The largest absolute Gasteiger partial charge is 0.490 e. The van der Waals surface area contributed by atoms with Crippen LogP contribution in [0.15, 0.2) is 41.8 Å². The van der Waals surface area contributed by atoms with E-state index in [1.54, 1.807) is 35.6 Å². The summed E-state index contributed by atoms with van der Waals surface area (Å²) in [6, 6.07) is 10.7. The highest BCUT2D eigenvalue weighted by Crippen LogP contribution is 2.37. The normalized spacial score (nSPS) is 13.1. The van der Waals surface area contributed by atoms with Gasteiger partial charge in [0, 0.05) is 40.8 Å². The minimum atomic E-state index is -0.242. The molecule has 138 valence electrons. The zero-order valence-corrected chi connectivity index (χ0v) is 16.2. The number of hydrogen-bond acceptors (Lipinski definition) is 5. The van der Waals surface area contributed by atoms with E-state index in [0.29, 0.717) is 41.0 Å². The molecule has 1 aliphatic rings. The second kappa shape index (κ2) is 7.58. The van der Waals surface area contributed by atoms with Crippen LogP contribution in [-0.4, -0.2) is 24.1 Å². The number of nitrogens with one attached hydrogen (secondary N) is 1. The van der Waals surface area contributed by atoms with Gasteiger partial charge in [-0.1, -0.05) is 23.7 Å². The van der Waals surface area contributed by atoms with Crippen molar-refractivity contribution in [2.24, 2.45) is 0 Å². The van der Waals surface area contributed by atoms with Gasteiger partial charge in [-0.3, -0.25) is 4.79 Å². The molecule has 0 atom stereocenters. The number of aromatic nitrogens is 1. The van der Waals surface area contributed by atoms with Gasteiger partial charge in [0.2, 0.25) is 0 Å². The van der Waals surface area contributed by atoms with Crippen LogP contribution in [0, 0.1) is 6.92 Å². The first-order chi connectivity index (χ1) is 13.1. The van der Waals surface area contributed by atoms with E-state index >= 15 is 0 Å². The van der Waals surface area contributed by atoms with E-state index in [0.717, 1.165) is 22.7 Å². The first-order valence-electron chi connectivity index (χ1n) is 8.53. The Bertz CT molecular complexity index is 985. The van der Waals surface area contributed by atoms with Crippen molar-refractivity contribution in [3.8, 4) is 22.1 Å². The van der Waals surface area contributed by atoms with Gasteiger partial charge < -0.3 is 14.8 Å². The number of halogens is 1. The maximum atomic E-state index is 12.6. The molecular formula is C20H17ClN2O3S. The average Bonchev–Trinajstić information content (AvgIpc) is 2.98. The number of hydrogen-bond donors (Lipinski definition) is 1. The van der Waals surface area contributed by atoms with Gasteiger partial charge in [0.05, 0.1) is 23.9 Å². The summed E-state index contributed by atoms with van der Waals surface area (Å²) >= 11 is 7.88. The van der Waals surface area contributed by atoms with E-state index in [4.69, 9.17) is 21.1 Å². The lowest BCUT2D eigenvalue weighted by molar-refractivity contribution is 0.102. The molecule has 0 spiro atoms. The molecule has 1 aromatic heterocycles. The number of carbonyl (C=O) groups is 1. The zero-order chi connectivity index (χ0) is 18.8. The third kappa shape index (κ3) is 3.91. The summed E-state index contributed by atoms with van der Waals surface area (Å²) < 4.78 is 11.3. The van der Waals surface area contributed by atoms with Crippen LogP contribution in [0.4, 0.5) is 5.69 Å². The Morgan fingerprint density at radius 2 is 1.85 bits per heavy atom. The van der Waals surface area contributed by atoms with Gasteiger partial charge in [0.15, 0.2) is 11.5 Å². The number of aryl methyl sites for hydroxylation is 1. The highest BCUT2D eigenvalue weighted by atomic mass is 35.5. The molecule has 5 nitrogen and oxygen atoms in total. The maximum Gasteiger partial charge on any atom is 0.255 e. The van der Waals surface area contributed by atoms with Crippen molar-refractivity contribution in [1.29, 1.82) is 0 Å². The second-order valence-electron chi connectivity index (χ2n) is 6.15. The Labute approximate surface area is 165 Å². The Hall–Kier alpha value is -2.57. The topological polar surface area (TPSA) is 60.5 Å². The van der Waals surface area contributed by atoms with Crippen LogP contribution in [0.1, 0.15) is 22.5 Å². The minimum absolute atomic E-state index is 0.242. The summed E-state index contributed by atoms with van der Waals surface area (Å²) in [7, 11) is 0. The summed E-state index contributed by atoms with van der Waals surface area (Å²) in [5.41, 5.74) is 3.00. The number of ether oxygens (including phenoxy) is 2. The number of fused-ring (bicyclic) bond motifs is 1. The molecule has 0 saturated carbocycles. The van der Waals surface area contributed by atoms with Crippen LogP contribution in [0.2, 0.25) is 5.02 Å². The molecule has 0 aliphatic carbocycles. The Kier molecular flexibility index (Phi) is 5.01. The monoisotopic (exact) mass is 400 g/mol. The highest BCUT2D eigenvalue weighted by molar-refractivity contribution is 7.13. The lowest BCUT2D eigenvalue weighted by atomic mass is 10.1. The van der Waals surface area contributed by atoms with Crippen molar-refractivity contribution in [3.05, 3.63) is 58.1 Å². The fraction of sp³-hybridized carbons (Fsp3) is 0.200. The second-order valence-corrected chi connectivity index (χ2v) is 7.42. The number of anilines is 1. The number of rotatable bonds is 3. The molecule has 27 heavy (non-hydrogen) atoms. The summed E-state index contributed by atoms with van der Waals surface area (Å²) in [4.78, 5) is 17.1. The van der Waals surface area contributed by atoms with Crippen LogP contribution in [-0.2, 0) is 0 Å². The first kappa shape index (κ1) is 17.8. The number of amides is 1. The molecule has 2 aromatic carbocycles. The summed E-state index contributed by atoms with van der Waals surface area (Å²) in [6.07, 6.45) is 0.805. The van der Waals surface area contributed by atoms with E-state index in [9.17, 15) is 4.79 Å². The standard InChI is InChI=1S/C20H17ClN2O3S/c1-12-11-27-20(22-12)14-5-3-13(4-6-14)19(24)23-16-10-18-17(9-15(16)21)25-7-2-8-26-18/h3-6,9-11H,2,7-8H2,1H3,(H,23,24). The Morgan fingerprint density at radius 3 is 2.52 bits per heavy atom. The van der Waals surface area contributed by atoms with E-state index in [1.807, 2.05) is 24.4 Å². The maximum absolute atomic E-state index is 12.6. The molecule has 1 amide bonds. The van der Waals surface area contributed by atoms with Crippen LogP contribution in [0.3, 0.4) is 0 Å². The van der Waals surface area contributed by atoms with Gasteiger partial charge >= 0.3 is 0 Å². The molecule has 7 heteroatoms. The van der Waals surface area contributed by atoms with Gasteiger partial charge in [0.1, 0.15) is 5.01 Å². The Morgan fingerprint density at radius 1 is 1.15 bits per heavy atom. The average molecular weight is 401 g/mol. The molecule has 0 radical (unpaired) electrons. The number of thiazole rings is 1. The quantitative estimate of drug-likeness (QED) is 0.657. The summed E-state index contributed by atoms with van der Waals surface area (Å²) in [5, 5.41) is 6.18. The highest BCUT2D eigenvalue weighted by Gasteiger charge is 2.16. The predicted molar refractivity (Wildman–Crippen MR) is 107 cm³/mol. The summed E-state index contributed by atoms with van der Waals surface area (Å²) in [5.74, 6) is 0.938. The molecule has 1 N–H and O–H groups in total. The van der Waals surface area contributed by atoms with Gasteiger partial charge in [0.25, 0.3) is 5.91 Å². The molecular weight excluding hydrogens is 384 g/mol. The molecule has 4 rings (SSSR count). The van der Waals surface area contributed by atoms with E-state index in [2.05, 4.69) is 10.3 Å². The molecule has 0 fully saturated rings. The summed E-state index contributed by atoms with van der Waals surface area (Å²) in [6.45, 7) is 3.11. The lowest BCUT2D eigenvalue weighted by Gasteiger charge is -2.12. The fourth-order valence-corrected chi connectivity index (χ4v) is 3.73. The third-order valence-corrected chi connectivity index (χ3v) is 5.42. The Balaban J connectivity index is 1.53. The zero-order valence-electron chi connectivity index (χ0n) is 14.6. The van der Waals surface area contributed by atoms with Crippen LogP contribution >= 0.6 is 22.9 Å². The van der Waals surface area contributed by atoms with Crippen molar-refractivity contribution in [1.82, 2.24) is 4.98 Å². The van der Waals surface area contributed by atoms with E-state index < -0.39 is 0 Å². The smallest absolute Gasteiger partial charge is 0.255 e. The van der Waals surface area contributed by atoms with Crippen LogP contribution < -0.4 is 14.8 Å². The van der Waals surface area contributed by atoms with Gasteiger partial charge in [-0.25, -0.2) is 4.98 Å². The van der Waals surface area contributed by atoms with Gasteiger partial charge in [-0.15, -0.1) is 11.3 Å². The van der Waals surface area contributed by atoms with Crippen molar-refractivity contribution >= 4 is 34.5 Å². The number of benzene rings is 2. The van der Waals surface area contributed by atoms with Gasteiger partial charge in [-0.2, -0.15) is 0 Å². The molecule has 3 aromatic rings. The van der Waals surface area contributed by atoms with Crippen LogP contribution in [0.25, 0.3) is 10.6 Å². The molecule has 0 saturated heterocycles. The van der Waals surface area contributed by atoms with Crippen molar-refractivity contribution in [3.63, 3.8) is 0 Å². The van der Waals surface area contributed by atoms with E-state index in [-0.39, 0.29) is 5.91 Å². The van der Waals surface area contributed by atoms with Crippen molar-refractivity contribution in [2.75, 3.05) is 18.5 Å². The number of nitrogens with zero attached hydrogens (tertiary/aromatic N) is 1. The van der Waals surface area contributed by atoms with E-state index in [1.165, 1.54) is 0 Å². The van der Waals surface area contributed by atoms with Crippen molar-refractivity contribution in [2.45, 2.75) is 13.3 Å². The molecule has 0 unspecified atom stereocenters. The predicted octanol–water partition coefficient (Wildman–Crippen LogP) is 5.19. The number of carbonyl (C=O) groups excluding carboxylic acids is 1. The first-order valence-corrected chi connectivity index (χ1v) is 9.79. The SMILES string of the molecule is Cc1csc(-c2ccc(C(=O)Nc3cc4c(cc3Cl)OCCCO4)cc2)n1. The van der Waals surface area contributed by atoms with Gasteiger partial charge in [-0.05, 0) is 19.1 Å².